The normalized spacial score (nSPS) is 11.3. The maximum Gasteiger partial charge on any atom is 0.418 e. The van der Waals surface area contributed by atoms with Gasteiger partial charge in [-0.25, -0.2) is 4.68 Å². The Balaban J connectivity index is 2.00. The summed E-state index contributed by atoms with van der Waals surface area (Å²) in [4.78, 5) is 22.7. The van der Waals surface area contributed by atoms with E-state index in [1.54, 1.807) is 6.92 Å². The number of anilines is 1. The number of aryl methyl sites for hydroxylation is 1. The topological polar surface area (TPSA) is 90.1 Å². The van der Waals surface area contributed by atoms with E-state index in [-0.39, 0.29) is 22.8 Å². The molecule has 0 bridgehead atoms. The average molecular weight is 390 g/mol. The van der Waals surface area contributed by atoms with Gasteiger partial charge in [0.15, 0.2) is 0 Å². The summed E-state index contributed by atoms with van der Waals surface area (Å²) in [6.45, 7) is 1.57. The number of para-hydroxylation sites is 1. The van der Waals surface area contributed by atoms with Gasteiger partial charge in [0.1, 0.15) is 5.82 Å². The molecule has 1 amide bonds. The highest BCUT2D eigenvalue weighted by molar-refractivity contribution is 6.04. The van der Waals surface area contributed by atoms with E-state index >= 15 is 0 Å². The molecule has 0 aliphatic rings. The van der Waals surface area contributed by atoms with Crippen LogP contribution < -0.4 is 5.32 Å². The lowest BCUT2D eigenvalue weighted by atomic mass is 10.1. The highest BCUT2D eigenvalue weighted by Gasteiger charge is 2.34. The molecule has 0 aliphatic heterocycles. The van der Waals surface area contributed by atoms with Gasteiger partial charge in [-0.05, 0) is 25.1 Å². The van der Waals surface area contributed by atoms with Crippen molar-refractivity contribution in [2.75, 3.05) is 5.32 Å². The lowest BCUT2D eigenvalue weighted by Gasteiger charge is -2.15. The number of nitrogens with one attached hydrogen (secondary N) is 1. The number of rotatable bonds is 4. The number of benzene rings is 2. The molecule has 0 spiro atoms. The van der Waals surface area contributed by atoms with Crippen molar-refractivity contribution in [1.29, 1.82) is 0 Å². The molecule has 0 atom stereocenters. The molecule has 2 aromatic carbocycles. The predicted molar refractivity (Wildman–Crippen MR) is 94.4 cm³/mol. The molecule has 7 nitrogen and oxygen atoms in total. The van der Waals surface area contributed by atoms with E-state index in [4.69, 9.17) is 0 Å². The fourth-order valence-corrected chi connectivity index (χ4v) is 2.62. The van der Waals surface area contributed by atoms with Gasteiger partial charge in [0.05, 0.1) is 21.9 Å². The molecule has 144 valence electrons. The molecule has 28 heavy (non-hydrogen) atoms. The van der Waals surface area contributed by atoms with E-state index < -0.39 is 22.6 Å². The smallest absolute Gasteiger partial charge is 0.306 e. The number of hydrogen-bond acceptors (Lipinski definition) is 4. The first-order chi connectivity index (χ1) is 13.2. The maximum atomic E-state index is 13.3. The second kappa shape index (κ2) is 7.14. The van der Waals surface area contributed by atoms with Gasteiger partial charge in [0.2, 0.25) is 0 Å². The zero-order valence-electron chi connectivity index (χ0n) is 14.4. The number of aromatic nitrogens is 2. The number of alkyl halides is 3. The van der Waals surface area contributed by atoms with Gasteiger partial charge in [-0.1, -0.05) is 18.2 Å². The third kappa shape index (κ3) is 3.85. The fraction of sp³-hybridized carbons (Fsp3) is 0.111. The standard InChI is InChI=1S/C18H13F3N4O3/c1-11-9-16(22-17(26)12-5-4-6-13(10-12)25(27)28)24(23-11)15-8-3-2-7-14(15)18(19,20)21/h2-10H,1H3,(H,22,26). The second-order valence-corrected chi connectivity index (χ2v) is 5.86. The largest absolute Gasteiger partial charge is 0.418 e. The zero-order chi connectivity index (χ0) is 20.5. The second-order valence-electron chi connectivity index (χ2n) is 5.86. The first-order valence-corrected chi connectivity index (χ1v) is 7.96. The molecule has 0 radical (unpaired) electrons. The molecular weight excluding hydrogens is 377 g/mol. The Morgan fingerprint density at radius 1 is 1.14 bits per heavy atom. The Bertz CT molecular complexity index is 1060. The monoisotopic (exact) mass is 390 g/mol. The van der Waals surface area contributed by atoms with Crippen LogP contribution in [-0.2, 0) is 6.18 Å². The number of nitro benzene ring substituents is 1. The van der Waals surface area contributed by atoms with E-state index in [9.17, 15) is 28.1 Å². The molecule has 0 unspecified atom stereocenters. The number of hydrogen-bond donors (Lipinski definition) is 1. The van der Waals surface area contributed by atoms with E-state index in [1.807, 2.05) is 0 Å². The van der Waals surface area contributed by atoms with Crippen molar-refractivity contribution in [1.82, 2.24) is 9.78 Å². The summed E-state index contributed by atoms with van der Waals surface area (Å²) in [5, 5.41) is 17.4. The van der Waals surface area contributed by atoms with Crippen LogP contribution in [0.3, 0.4) is 0 Å². The average Bonchev–Trinajstić information content (AvgIpc) is 3.01. The van der Waals surface area contributed by atoms with Crippen molar-refractivity contribution >= 4 is 17.4 Å². The summed E-state index contributed by atoms with van der Waals surface area (Å²) in [6, 6.07) is 11.2. The molecular formula is C18H13F3N4O3. The Morgan fingerprint density at radius 2 is 1.86 bits per heavy atom. The van der Waals surface area contributed by atoms with E-state index in [2.05, 4.69) is 10.4 Å². The molecule has 1 heterocycles. The Labute approximate surface area is 156 Å². The van der Waals surface area contributed by atoms with Crippen molar-refractivity contribution < 1.29 is 22.9 Å². The first kappa shape index (κ1) is 19.1. The van der Waals surface area contributed by atoms with Gasteiger partial charge in [0.25, 0.3) is 11.6 Å². The van der Waals surface area contributed by atoms with Crippen molar-refractivity contribution in [2.45, 2.75) is 13.1 Å². The quantitative estimate of drug-likeness (QED) is 0.529. The molecule has 0 fully saturated rings. The maximum absolute atomic E-state index is 13.3. The highest BCUT2D eigenvalue weighted by atomic mass is 19.4. The van der Waals surface area contributed by atoms with E-state index in [0.717, 1.165) is 16.8 Å². The van der Waals surface area contributed by atoms with Gasteiger partial charge >= 0.3 is 6.18 Å². The molecule has 1 aromatic heterocycles. The van der Waals surface area contributed by atoms with Crippen LogP contribution in [-0.4, -0.2) is 20.6 Å². The molecule has 3 rings (SSSR count). The van der Waals surface area contributed by atoms with Gasteiger partial charge in [0, 0.05) is 23.8 Å². The lowest BCUT2D eigenvalue weighted by Crippen LogP contribution is -2.17. The van der Waals surface area contributed by atoms with Crippen LogP contribution in [0.4, 0.5) is 24.7 Å². The van der Waals surface area contributed by atoms with Crippen LogP contribution in [0.1, 0.15) is 21.6 Å². The summed E-state index contributed by atoms with van der Waals surface area (Å²) in [7, 11) is 0. The van der Waals surface area contributed by atoms with Crippen molar-refractivity contribution in [3.8, 4) is 5.69 Å². The Morgan fingerprint density at radius 3 is 2.54 bits per heavy atom. The number of nitrogens with zero attached hydrogens (tertiary/aromatic N) is 3. The number of carbonyl (C=O) groups is 1. The molecule has 0 saturated heterocycles. The third-order valence-corrected chi connectivity index (χ3v) is 3.83. The number of carbonyl (C=O) groups excluding carboxylic acids is 1. The summed E-state index contributed by atoms with van der Waals surface area (Å²) in [6.07, 6.45) is -4.61. The minimum Gasteiger partial charge on any atom is -0.306 e. The van der Waals surface area contributed by atoms with Crippen molar-refractivity contribution in [2.24, 2.45) is 0 Å². The van der Waals surface area contributed by atoms with Crippen LogP contribution in [0.2, 0.25) is 0 Å². The minimum atomic E-state index is -4.61. The van der Waals surface area contributed by atoms with Crippen molar-refractivity contribution in [3.05, 3.63) is 81.5 Å². The molecule has 0 saturated carbocycles. The van der Waals surface area contributed by atoms with Crippen molar-refractivity contribution in [3.63, 3.8) is 0 Å². The van der Waals surface area contributed by atoms with Crippen LogP contribution >= 0.6 is 0 Å². The molecule has 3 aromatic rings. The molecule has 0 aliphatic carbocycles. The van der Waals surface area contributed by atoms with Gasteiger partial charge in [-0.15, -0.1) is 0 Å². The summed E-state index contributed by atoms with van der Waals surface area (Å²) < 4.78 is 41.0. The number of non-ortho nitro benzene ring substituents is 1. The Hall–Kier alpha value is -3.69. The van der Waals surface area contributed by atoms with E-state index in [0.29, 0.717) is 5.69 Å². The minimum absolute atomic E-state index is 0.00528. The van der Waals surface area contributed by atoms with E-state index in [1.165, 1.54) is 42.5 Å². The van der Waals surface area contributed by atoms with Crippen LogP contribution in [0, 0.1) is 17.0 Å². The Kier molecular flexibility index (Phi) is 4.87. The zero-order valence-corrected chi connectivity index (χ0v) is 14.4. The van der Waals surface area contributed by atoms with Crippen LogP contribution in [0.5, 0.6) is 0 Å². The number of halogens is 3. The number of nitro groups is 1. The van der Waals surface area contributed by atoms with Gasteiger partial charge in [-0.3, -0.25) is 14.9 Å². The lowest BCUT2D eigenvalue weighted by molar-refractivity contribution is -0.384. The van der Waals surface area contributed by atoms with Gasteiger partial charge in [-0.2, -0.15) is 18.3 Å². The summed E-state index contributed by atoms with van der Waals surface area (Å²) in [5.74, 6) is -0.708. The number of amides is 1. The fourth-order valence-electron chi connectivity index (χ4n) is 2.62. The molecule has 1 N–H and O–H groups in total. The third-order valence-electron chi connectivity index (χ3n) is 3.83. The summed E-state index contributed by atoms with van der Waals surface area (Å²) >= 11 is 0. The predicted octanol–water partition coefficient (Wildman–Crippen LogP) is 4.36. The first-order valence-electron chi connectivity index (χ1n) is 7.96. The van der Waals surface area contributed by atoms with Gasteiger partial charge < -0.3 is 5.32 Å². The van der Waals surface area contributed by atoms with Crippen LogP contribution in [0.15, 0.2) is 54.6 Å². The molecule has 10 heteroatoms. The SMILES string of the molecule is Cc1cc(NC(=O)c2cccc([N+](=O)[O-])c2)n(-c2ccccc2C(F)(F)F)n1. The summed E-state index contributed by atoms with van der Waals surface area (Å²) in [5.41, 5.74) is -1.07. The van der Waals surface area contributed by atoms with Crippen LogP contribution in [0.25, 0.3) is 5.69 Å². The highest BCUT2D eigenvalue weighted by Crippen LogP contribution is 2.34.